The number of piperidine rings is 1. The van der Waals surface area contributed by atoms with Gasteiger partial charge >= 0.3 is 0 Å². The summed E-state index contributed by atoms with van der Waals surface area (Å²) in [5.74, 6) is 0.616. The average molecular weight is 398 g/mol. The van der Waals surface area contributed by atoms with Gasteiger partial charge in [-0.2, -0.15) is 0 Å². The number of nitrogens with zero attached hydrogens (tertiary/aromatic N) is 1. The normalized spacial score (nSPS) is 17.0. The van der Waals surface area contributed by atoms with Crippen molar-refractivity contribution in [2.45, 2.75) is 26.2 Å². The lowest BCUT2D eigenvalue weighted by atomic mass is 9.98. The number of ether oxygens (including phenoxy) is 1. The van der Waals surface area contributed by atoms with Crippen LogP contribution in [0, 0.1) is 11.7 Å². The van der Waals surface area contributed by atoms with Crippen molar-refractivity contribution in [1.29, 1.82) is 0 Å². The zero-order chi connectivity index (χ0) is 20.6. The van der Waals surface area contributed by atoms with Gasteiger partial charge in [0, 0.05) is 37.9 Å². The molecule has 1 heterocycles. The molecule has 0 saturated carbocycles. The molecule has 2 aromatic carbocycles. The summed E-state index contributed by atoms with van der Waals surface area (Å²) in [5, 5.41) is 2.79. The monoisotopic (exact) mass is 398 g/mol. The second-order valence-electron chi connectivity index (χ2n) is 7.48. The van der Waals surface area contributed by atoms with Crippen LogP contribution in [0.25, 0.3) is 0 Å². The van der Waals surface area contributed by atoms with Gasteiger partial charge in [-0.25, -0.2) is 4.39 Å². The number of likely N-dealkylation sites (tertiary alicyclic amines) is 1. The molecule has 0 aliphatic carbocycles. The van der Waals surface area contributed by atoms with Gasteiger partial charge in [-0.05, 0) is 55.8 Å². The fourth-order valence-electron chi connectivity index (χ4n) is 3.62. The first-order valence-electron chi connectivity index (χ1n) is 10.0. The van der Waals surface area contributed by atoms with Crippen LogP contribution in [0.2, 0.25) is 0 Å². The highest BCUT2D eigenvalue weighted by Gasteiger charge is 2.21. The Kier molecular flexibility index (Phi) is 7.36. The highest BCUT2D eigenvalue weighted by atomic mass is 19.1. The van der Waals surface area contributed by atoms with Gasteiger partial charge < -0.3 is 15.0 Å². The SMILES string of the molecule is CC(=O)Nc1ccccc1OCC1CCCN(CCC(=O)c2ccc(F)cc2)C1. The third-order valence-electron chi connectivity index (χ3n) is 5.10. The average Bonchev–Trinajstić information content (AvgIpc) is 2.72. The number of hydrogen-bond donors (Lipinski definition) is 1. The lowest BCUT2D eigenvalue weighted by Crippen LogP contribution is -2.38. The molecule has 1 aliphatic heterocycles. The van der Waals surface area contributed by atoms with Crippen molar-refractivity contribution in [2.24, 2.45) is 5.92 Å². The van der Waals surface area contributed by atoms with Crippen molar-refractivity contribution < 1.29 is 18.7 Å². The molecule has 0 spiro atoms. The largest absolute Gasteiger partial charge is 0.491 e. The molecule has 1 aliphatic rings. The number of carbonyl (C=O) groups excluding carboxylic acids is 2. The molecule has 5 nitrogen and oxygen atoms in total. The molecule has 1 atom stereocenters. The Hall–Kier alpha value is -2.73. The lowest BCUT2D eigenvalue weighted by molar-refractivity contribution is -0.114. The smallest absolute Gasteiger partial charge is 0.221 e. The Balaban J connectivity index is 1.48. The highest BCUT2D eigenvalue weighted by Crippen LogP contribution is 2.26. The summed E-state index contributed by atoms with van der Waals surface area (Å²) in [5.41, 5.74) is 1.23. The Labute approximate surface area is 170 Å². The number of amides is 1. The molecular formula is C23H27FN2O3. The fourth-order valence-corrected chi connectivity index (χ4v) is 3.62. The van der Waals surface area contributed by atoms with Crippen molar-refractivity contribution in [1.82, 2.24) is 4.90 Å². The number of carbonyl (C=O) groups is 2. The van der Waals surface area contributed by atoms with Crippen LogP contribution in [-0.2, 0) is 4.79 Å². The molecule has 0 bridgehead atoms. The zero-order valence-electron chi connectivity index (χ0n) is 16.7. The number of nitrogens with one attached hydrogen (secondary N) is 1. The number of rotatable bonds is 8. The number of Topliss-reactive ketones (excluding diaryl/α,β-unsaturated/α-hetero) is 1. The van der Waals surface area contributed by atoms with Gasteiger partial charge in [0.15, 0.2) is 5.78 Å². The van der Waals surface area contributed by atoms with E-state index < -0.39 is 0 Å². The van der Waals surface area contributed by atoms with E-state index in [1.165, 1.54) is 31.2 Å². The number of benzene rings is 2. The summed E-state index contributed by atoms with van der Waals surface area (Å²) in [4.78, 5) is 25.9. The number of hydrogen-bond acceptors (Lipinski definition) is 4. The van der Waals surface area contributed by atoms with Crippen molar-refractivity contribution in [3.8, 4) is 5.75 Å². The van der Waals surface area contributed by atoms with E-state index in [0.29, 0.717) is 42.5 Å². The van der Waals surface area contributed by atoms with E-state index in [2.05, 4.69) is 10.2 Å². The third kappa shape index (κ3) is 6.39. The molecule has 1 amide bonds. The molecule has 154 valence electrons. The van der Waals surface area contributed by atoms with Crippen molar-refractivity contribution in [3.05, 3.63) is 59.9 Å². The van der Waals surface area contributed by atoms with Crippen LogP contribution in [0.15, 0.2) is 48.5 Å². The van der Waals surface area contributed by atoms with Crippen molar-refractivity contribution in [2.75, 3.05) is 31.6 Å². The predicted molar refractivity (Wildman–Crippen MR) is 111 cm³/mol. The van der Waals surface area contributed by atoms with E-state index in [9.17, 15) is 14.0 Å². The van der Waals surface area contributed by atoms with Crippen LogP contribution >= 0.6 is 0 Å². The standard InChI is InChI=1S/C23H27FN2O3/c1-17(27)25-21-6-2-3-7-23(21)29-16-18-5-4-13-26(15-18)14-12-22(28)19-8-10-20(24)11-9-19/h2-3,6-11,18H,4-5,12-16H2,1H3,(H,25,27). The number of anilines is 1. The minimum Gasteiger partial charge on any atom is -0.491 e. The maximum absolute atomic E-state index is 13.0. The maximum atomic E-state index is 13.0. The van der Waals surface area contributed by atoms with E-state index in [-0.39, 0.29) is 17.5 Å². The Morgan fingerprint density at radius 2 is 1.93 bits per heavy atom. The van der Waals surface area contributed by atoms with Gasteiger partial charge in [-0.1, -0.05) is 12.1 Å². The molecule has 29 heavy (non-hydrogen) atoms. The number of halogens is 1. The quantitative estimate of drug-likeness (QED) is 0.679. The van der Waals surface area contributed by atoms with E-state index in [4.69, 9.17) is 4.74 Å². The molecule has 0 radical (unpaired) electrons. The molecule has 2 aromatic rings. The van der Waals surface area contributed by atoms with Crippen LogP contribution < -0.4 is 10.1 Å². The fraction of sp³-hybridized carbons (Fsp3) is 0.391. The molecule has 1 N–H and O–H groups in total. The van der Waals surface area contributed by atoms with Crippen LogP contribution in [0.1, 0.15) is 36.5 Å². The molecular weight excluding hydrogens is 371 g/mol. The maximum Gasteiger partial charge on any atom is 0.221 e. The third-order valence-corrected chi connectivity index (χ3v) is 5.10. The first kappa shape index (κ1) is 21.0. The first-order valence-corrected chi connectivity index (χ1v) is 10.0. The summed E-state index contributed by atoms with van der Waals surface area (Å²) in [6.45, 7) is 4.58. The van der Waals surface area contributed by atoms with Gasteiger partial charge in [0.1, 0.15) is 11.6 Å². The van der Waals surface area contributed by atoms with E-state index in [1.54, 1.807) is 0 Å². The van der Waals surface area contributed by atoms with Crippen molar-refractivity contribution in [3.63, 3.8) is 0 Å². The second-order valence-corrected chi connectivity index (χ2v) is 7.48. The van der Waals surface area contributed by atoms with Crippen LogP contribution in [0.3, 0.4) is 0 Å². The van der Waals surface area contributed by atoms with Gasteiger partial charge in [0.25, 0.3) is 0 Å². The molecule has 1 saturated heterocycles. The zero-order valence-corrected chi connectivity index (χ0v) is 16.7. The van der Waals surface area contributed by atoms with E-state index >= 15 is 0 Å². The molecule has 6 heteroatoms. The Morgan fingerprint density at radius 3 is 2.69 bits per heavy atom. The van der Waals surface area contributed by atoms with Crippen LogP contribution in [-0.4, -0.2) is 42.8 Å². The molecule has 0 aromatic heterocycles. The summed E-state index contributed by atoms with van der Waals surface area (Å²) >= 11 is 0. The number of para-hydroxylation sites is 2. The highest BCUT2D eigenvalue weighted by molar-refractivity contribution is 5.96. The molecule has 3 rings (SSSR count). The van der Waals surface area contributed by atoms with E-state index in [1.807, 2.05) is 24.3 Å². The minimum absolute atomic E-state index is 0.0348. The van der Waals surface area contributed by atoms with Gasteiger partial charge in [0.2, 0.25) is 5.91 Å². The minimum atomic E-state index is -0.333. The topological polar surface area (TPSA) is 58.6 Å². The lowest BCUT2D eigenvalue weighted by Gasteiger charge is -2.32. The summed E-state index contributed by atoms with van der Waals surface area (Å²) in [7, 11) is 0. The second kappa shape index (κ2) is 10.2. The molecule has 1 unspecified atom stereocenters. The Bertz CT molecular complexity index is 838. The first-order chi connectivity index (χ1) is 14.0. The van der Waals surface area contributed by atoms with E-state index in [0.717, 1.165) is 25.9 Å². The van der Waals surface area contributed by atoms with Gasteiger partial charge in [0.05, 0.1) is 12.3 Å². The van der Waals surface area contributed by atoms with Crippen molar-refractivity contribution >= 4 is 17.4 Å². The Morgan fingerprint density at radius 1 is 1.17 bits per heavy atom. The van der Waals surface area contributed by atoms with Gasteiger partial charge in [-0.15, -0.1) is 0 Å². The summed E-state index contributed by atoms with van der Waals surface area (Å²) in [6, 6.07) is 13.1. The van der Waals surface area contributed by atoms with Gasteiger partial charge in [-0.3, -0.25) is 9.59 Å². The summed E-state index contributed by atoms with van der Waals surface area (Å²) < 4.78 is 19.0. The predicted octanol–water partition coefficient (Wildman–Crippen LogP) is 4.15. The summed E-state index contributed by atoms with van der Waals surface area (Å²) in [6.07, 6.45) is 2.56. The van der Waals surface area contributed by atoms with Crippen LogP contribution in [0.5, 0.6) is 5.75 Å². The van der Waals surface area contributed by atoms with Crippen LogP contribution in [0.4, 0.5) is 10.1 Å². The molecule has 1 fully saturated rings. The number of ketones is 1.